The van der Waals surface area contributed by atoms with Crippen molar-refractivity contribution in [3.8, 4) is 5.75 Å². The summed E-state index contributed by atoms with van der Waals surface area (Å²) in [6, 6.07) is 7.80. The maximum atomic E-state index is 9.86. The summed E-state index contributed by atoms with van der Waals surface area (Å²) in [4.78, 5) is 5.29. The second-order valence-corrected chi connectivity index (χ2v) is 8.69. The monoisotopic (exact) mass is 342 g/mol. The van der Waals surface area contributed by atoms with Gasteiger partial charge in [-0.15, -0.1) is 0 Å². The van der Waals surface area contributed by atoms with Crippen LogP contribution in [-0.2, 0) is 5.41 Å². The van der Waals surface area contributed by atoms with E-state index < -0.39 is 0 Å². The van der Waals surface area contributed by atoms with Crippen molar-refractivity contribution in [2.75, 3.05) is 38.8 Å². The normalized spacial score (nSPS) is 39.1. The van der Waals surface area contributed by atoms with Gasteiger partial charge in [-0.1, -0.05) is 12.1 Å². The highest BCUT2D eigenvalue weighted by Crippen LogP contribution is 2.66. The maximum absolute atomic E-state index is 9.86. The number of nitrogens with zero attached hydrogens (tertiary/aromatic N) is 2. The molecule has 3 fully saturated rings. The highest BCUT2D eigenvalue weighted by atomic mass is 16.5. The van der Waals surface area contributed by atoms with Crippen molar-refractivity contribution < 1.29 is 9.84 Å². The molecule has 0 aromatic heterocycles. The van der Waals surface area contributed by atoms with Gasteiger partial charge < -0.3 is 14.7 Å². The Kier molecular flexibility index (Phi) is 3.43. The molecule has 2 saturated heterocycles. The number of likely N-dealkylation sites (N-methyl/N-ethyl adjacent to an activating group) is 1. The van der Waals surface area contributed by atoms with E-state index in [1.807, 2.05) is 0 Å². The molecule has 1 saturated carbocycles. The fraction of sp³-hybridized carbons (Fsp3) is 0.714. The minimum Gasteiger partial charge on any atom is -0.495 e. The molecule has 4 atom stereocenters. The van der Waals surface area contributed by atoms with E-state index in [-0.39, 0.29) is 5.41 Å². The van der Waals surface area contributed by atoms with Crippen LogP contribution in [0.4, 0.5) is 5.69 Å². The number of benzene rings is 1. The van der Waals surface area contributed by atoms with Gasteiger partial charge in [0.2, 0.25) is 0 Å². The lowest BCUT2D eigenvalue weighted by molar-refractivity contribution is -0.0447. The van der Waals surface area contributed by atoms with Crippen molar-refractivity contribution in [2.24, 2.45) is 5.41 Å². The summed E-state index contributed by atoms with van der Waals surface area (Å²) in [7, 11) is 4.06. The van der Waals surface area contributed by atoms with E-state index in [4.69, 9.17) is 4.74 Å². The molecule has 1 aromatic carbocycles. The molecule has 136 valence electrons. The van der Waals surface area contributed by atoms with Crippen molar-refractivity contribution in [3.63, 3.8) is 0 Å². The van der Waals surface area contributed by atoms with Gasteiger partial charge in [0.25, 0.3) is 0 Å². The van der Waals surface area contributed by atoms with Gasteiger partial charge in [-0.2, -0.15) is 0 Å². The first-order valence-electron chi connectivity index (χ1n) is 9.93. The number of hydrogen-bond donors (Lipinski definition) is 1. The largest absolute Gasteiger partial charge is 0.495 e. The number of hydrogen-bond acceptors (Lipinski definition) is 4. The molecule has 4 nitrogen and oxygen atoms in total. The van der Waals surface area contributed by atoms with Gasteiger partial charge >= 0.3 is 0 Å². The summed E-state index contributed by atoms with van der Waals surface area (Å²) in [5.74, 6) is 1.02. The summed E-state index contributed by atoms with van der Waals surface area (Å²) in [6.07, 6.45) is 7.27. The Morgan fingerprint density at radius 3 is 2.92 bits per heavy atom. The van der Waals surface area contributed by atoms with Gasteiger partial charge in [0, 0.05) is 31.2 Å². The SMILES string of the molecule is COc1cccc2c1N(C)[C@@H]1CC[C@@]3(CCO)CCCN4CC[C@@]21[C@H]43. The Morgan fingerprint density at radius 2 is 2.12 bits per heavy atom. The van der Waals surface area contributed by atoms with Crippen molar-refractivity contribution in [2.45, 2.75) is 56.0 Å². The Morgan fingerprint density at radius 1 is 1.24 bits per heavy atom. The van der Waals surface area contributed by atoms with Crippen LogP contribution in [-0.4, -0.2) is 55.9 Å². The van der Waals surface area contributed by atoms with Crippen LogP contribution in [0.3, 0.4) is 0 Å². The van der Waals surface area contributed by atoms with E-state index in [0.29, 0.717) is 24.1 Å². The molecule has 4 aliphatic rings. The molecule has 0 radical (unpaired) electrons. The average molecular weight is 342 g/mol. The summed E-state index contributed by atoms with van der Waals surface area (Å²) in [6.45, 7) is 2.76. The number of fused-ring (bicyclic) bond motifs is 1. The summed E-state index contributed by atoms with van der Waals surface area (Å²) < 4.78 is 5.75. The van der Waals surface area contributed by atoms with E-state index in [9.17, 15) is 5.11 Å². The van der Waals surface area contributed by atoms with Crippen molar-refractivity contribution in [1.82, 2.24) is 4.90 Å². The Hall–Kier alpha value is -1.26. The first kappa shape index (κ1) is 16.0. The molecule has 25 heavy (non-hydrogen) atoms. The molecule has 1 spiro atoms. The van der Waals surface area contributed by atoms with Gasteiger partial charge in [-0.25, -0.2) is 0 Å². The molecular formula is C21H30N2O2. The number of para-hydroxylation sites is 1. The Bertz CT molecular complexity index is 688. The van der Waals surface area contributed by atoms with Crippen LogP contribution in [0.25, 0.3) is 0 Å². The second kappa shape index (κ2) is 5.37. The fourth-order valence-electron chi connectivity index (χ4n) is 7.35. The Labute approximate surface area is 150 Å². The zero-order chi connectivity index (χ0) is 17.2. The number of aliphatic hydroxyl groups excluding tert-OH is 1. The highest BCUT2D eigenvalue weighted by Gasteiger charge is 2.67. The first-order chi connectivity index (χ1) is 12.2. The zero-order valence-electron chi connectivity index (χ0n) is 15.5. The minimum absolute atomic E-state index is 0.215. The number of anilines is 1. The predicted octanol–water partition coefficient (Wildman–Crippen LogP) is 2.78. The molecule has 3 aliphatic heterocycles. The number of piperidine rings is 1. The van der Waals surface area contributed by atoms with Gasteiger partial charge in [-0.3, -0.25) is 4.90 Å². The van der Waals surface area contributed by atoms with Gasteiger partial charge in [0.15, 0.2) is 0 Å². The Balaban J connectivity index is 1.72. The lowest BCUT2D eigenvalue weighted by Gasteiger charge is -2.58. The fourth-order valence-corrected chi connectivity index (χ4v) is 7.35. The number of rotatable bonds is 3. The van der Waals surface area contributed by atoms with Gasteiger partial charge in [0.05, 0.1) is 12.8 Å². The minimum atomic E-state index is 0.215. The van der Waals surface area contributed by atoms with Crippen LogP contribution in [0.1, 0.15) is 44.1 Å². The quantitative estimate of drug-likeness (QED) is 0.916. The molecule has 0 bridgehead atoms. The van der Waals surface area contributed by atoms with Crippen LogP contribution in [0.5, 0.6) is 5.75 Å². The van der Waals surface area contributed by atoms with E-state index in [1.54, 1.807) is 7.11 Å². The molecule has 0 unspecified atom stereocenters. The third-order valence-electron chi connectivity index (χ3n) is 8.03. The summed E-state index contributed by atoms with van der Waals surface area (Å²) in [5, 5.41) is 9.86. The molecule has 1 N–H and O–H groups in total. The van der Waals surface area contributed by atoms with Crippen LogP contribution in [0.2, 0.25) is 0 Å². The van der Waals surface area contributed by atoms with Gasteiger partial charge in [0.1, 0.15) is 5.75 Å². The van der Waals surface area contributed by atoms with Crippen molar-refractivity contribution in [1.29, 1.82) is 0 Å². The van der Waals surface area contributed by atoms with Gasteiger partial charge in [-0.05, 0) is 68.7 Å². The number of ether oxygens (including phenoxy) is 1. The van der Waals surface area contributed by atoms with E-state index in [0.717, 1.165) is 12.2 Å². The molecular weight excluding hydrogens is 312 g/mol. The predicted molar refractivity (Wildman–Crippen MR) is 99.4 cm³/mol. The molecule has 3 heterocycles. The molecule has 1 aromatic rings. The molecule has 0 amide bonds. The topological polar surface area (TPSA) is 35.9 Å². The van der Waals surface area contributed by atoms with E-state index in [2.05, 4.69) is 35.0 Å². The third kappa shape index (κ3) is 1.80. The average Bonchev–Trinajstić information content (AvgIpc) is 3.14. The number of aliphatic hydroxyl groups is 1. The molecule has 5 rings (SSSR count). The first-order valence-corrected chi connectivity index (χ1v) is 9.93. The highest BCUT2D eigenvalue weighted by molar-refractivity contribution is 5.73. The molecule has 1 aliphatic carbocycles. The smallest absolute Gasteiger partial charge is 0.142 e. The lowest BCUT2D eigenvalue weighted by Crippen LogP contribution is -2.64. The van der Waals surface area contributed by atoms with Crippen molar-refractivity contribution >= 4 is 5.69 Å². The van der Waals surface area contributed by atoms with Crippen LogP contribution < -0.4 is 9.64 Å². The van der Waals surface area contributed by atoms with Crippen LogP contribution in [0, 0.1) is 5.41 Å². The number of methoxy groups -OCH3 is 1. The van der Waals surface area contributed by atoms with Crippen molar-refractivity contribution in [3.05, 3.63) is 23.8 Å². The van der Waals surface area contributed by atoms with Crippen LogP contribution >= 0.6 is 0 Å². The second-order valence-electron chi connectivity index (χ2n) is 8.69. The standard InChI is InChI=1S/C21H30N2O2/c1-22-17-7-9-20(11-14-24)8-4-12-23-13-10-21(17,19(20)23)15-5-3-6-16(25-2)18(15)22/h3,5-6,17,19,24H,4,7-14H2,1-2H3/t17-,19-,20-,21-/m1/s1. The third-order valence-corrected chi connectivity index (χ3v) is 8.03. The molecule has 4 heteroatoms. The summed E-state index contributed by atoms with van der Waals surface area (Å²) in [5.41, 5.74) is 3.34. The maximum Gasteiger partial charge on any atom is 0.142 e. The van der Waals surface area contributed by atoms with Crippen LogP contribution in [0.15, 0.2) is 18.2 Å². The summed E-state index contributed by atoms with van der Waals surface area (Å²) >= 11 is 0. The lowest BCUT2D eigenvalue weighted by atomic mass is 9.52. The van der Waals surface area contributed by atoms with E-state index in [1.165, 1.54) is 56.4 Å². The van der Waals surface area contributed by atoms with E-state index >= 15 is 0 Å². The zero-order valence-corrected chi connectivity index (χ0v) is 15.5.